The number of hydrogen-bond acceptors (Lipinski definition) is 4. The zero-order valence-corrected chi connectivity index (χ0v) is 14.0. The molecule has 2 N–H and O–H groups in total. The number of H-pyrrole nitrogens is 1. The molecule has 0 bridgehead atoms. The third kappa shape index (κ3) is 4.64. The van der Waals surface area contributed by atoms with Crippen molar-refractivity contribution < 1.29 is 4.74 Å². The molecule has 2 atom stereocenters. The molecule has 0 spiro atoms. The van der Waals surface area contributed by atoms with Crippen molar-refractivity contribution in [3.05, 3.63) is 53.6 Å². The molecule has 2 aromatic rings. The molecule has 5 heteroatoms. The molecule has 0 amide bonds. The van der Waals surface area contributed by atoms with Crippen LogP contribution in [0.4, 0.5) is 0 Å². The highest BCUT2D eigenvalue weighted by molar-refractivity contribution is 5.27. The molecule has 1 fully saturated rings. The standard InChI is InChI=1S/C18H26N4O/c1-14-11-22(12-15(2)23-14)13-17-6-4-3-5-16(17)9-19-10-18-20-7-8-21-18/h3-8,14-15,19H,9-13H2,1-2H3,(H,20,21). The van der Waals surface area contributed by atoms with Crippen LogP contribution in [0.1, 0.15) is 30.8 Å². The molecule has 1 aromatic heterocycles. The van der Waals surface area contributed by atoms with E-state index in [0.717, 1.165) is 38.5 Å². The van der Waals surface area contributed by atoms with Crippen LogP contribution in [-0.2, 0) is 24.4 Å². The van der Waals surface area contributed by atoms with Gasteiger partial charge in [0.1, 0.15) is 5.82 Å². The van der Waals surface area contributed by atoms with Crippen molar-refractivity contribution in [3.8, 4) is 0 Å². The Labute approximate surface area is 138 Å². The Morgan fingerprint density at radius 1 is 1.17 bits per heavy atom. The van der Waals surface area contributed by atoms with Gasteiger partial charge in [-0.05, 0) is 25.0 Å². The number of hydrogen-bond donors (Lipinski definition) is 2. The highest BCUT2D eigenvalue weighted by Crippen LogP contribution is 2.17. The molecule has 3 rings (SSSR count). The van der Waals surface area contributed by atoms with Gasteiger partial charge in [-0.2, -0.15) is 0 Å². The summed E-state index contributed by atoms with van der Waals surface area (Å²) in [5.74, 6) is 0.971. The van der Waals surface area contributed by atoms with E-state index in [-0.39, 0.29) is 0 Å². The molecular formula is C18H26N4O. The molecule has 5 nitrogen and oxygen atoms in total. The fraction of sp³-hybridized carbons (Fsp3) is 0.500. The lowest BCUT2D eigenvalue weighted by molar-refractivity contribution is -0.0705. The van der Waals surface area contributed by atoms with Crippen molar-refractivity contribution in [2.45, 2.75) is 45.7 Å². The summed E-state index contributed by atoms with van der Waals surface area (Å²) in [7, 11) is 0. The second kappa shape index (κ2) is 7.73. The van der Waals surface area contributed by atoms with E-state index >= 15 is 0 Å². The van der Waals surface area contributed by atoms with E-state index in [0.29, 0.717) is 12.2 Å². The fourth-order valence-corrected chi connectivity index (χ4v) is 3.25. The maximum Gasteiger partial charge on any atom is 0.120 e. The Hall–Kier alpha value is -1.69. The number of aromatic amines is 1. The molecule has 2 heterocycles. The van der Waals surface area contributed by atoms with Crippen LogP contribution in [0.15, 0.2) is 36.7 Å². The number of rotatable bonds is 6. The van der Waals surface area contributed by atoms with Gasteiger partial charge >= 0.3 is 0 Å². The largest absolute Gasteiger partial charge is 0.373 e. The third-order valence-electron chi connectivity index (χ3n) is 4.17. The van der Waals surface area contributed by atoms with Crippen LogP contribution in [-0.4, -0.2) is 40.2 Å². The predicted molar refractivity (Wildman–Crippen MR) is 90.9 cm³/mol. The van der Waals surface area contributed by atoms with Crippen LogP contribution in [0.5, 0.6) is 0 Å². The maximum absolute atomic E-state index is 5.83. The molecule has 0 aliphatic carbocycles. The summed E-state index contributed by atoms with van der Waals surface area (Å²) in [5, 5.41) is 3.46. The van der Waals surface area contributed by atoms with Gasteiger partial charge in [0.25, 0.3) is 0 Å². The quantitative estimate of drug-likeness (QED) is 0.859. The summed E-state index contributed by atoms with van der Waals surface area (Å²) in [6, 6.07) is 8.67. The van der Waals surface area contributed by atoms with E-state index in [2.05, 4.69) is 58.3 Å². The van der Waals surface area contributed by atoms with Gasteiger partial charge in [0.05, 0.1) is 18.8 Å². The summed E-state index contributed by atoms with van der Waals surface area (Å²) in [4.78, 5) is 9.85. The van der Waals surface area contributed by atoms with Gasteiger partial charge in [-0.3, -0.25) is 4.90 Å². The average Bonchev–Trinajstić information content (AvgIpc) is 3.01. The Morgan fingerprint density at radius 3 is 2.61 bits per heavy atom. The van der Waals surface area contributed by atoms with E-state index in [9.17, 15) is 0 Å². The van der Waals surface area contributed by atoms with Crippen molar-refractivity contribution in [2.24, 2.45) is 0 Å². The summed E-state index contributed by atoms with van der Waals surface area (Å²) in [5.41, 5.74) is 2.74. The maximum atomic E-state index is 5.83. The minimum Gasteiger partial charge on any atom is -0.373 e. The smallest absolute Gasteiger partial charge is 0.120 e. The van der Waals surface area contributed by atoms with Gasteiger partial charge in [0.2, 0.25) is 0 Å². The first-order chi connectivity index (χ1) is 11.2. The van der Waals surface area contributed by atoms with Crippen LogP contribution < -0.4 is 5.32 Å². The predicted octanol–water partition coefficient (Wildman–Crippen LogP) is 2.31. The summed E-state index contributed by atoms with van der Waals surface area (Å²) < 4.78 is 5.83. The minimum atomic E-state index is 0.308. The number of imidazole rings is 1. The first kappa shape index (κ1) is 16.2. The zero-order valence-electron chi connectivity index (χ0n) is 14.0. The summed E-state index contributed by atoms with van der Waals surface area (Å²) in [6.07, 6.45) is 4.25. The molecule has 1 aliphatic rings. The van der Waals surface area contributed by atoms with E-state index in [1.807, 2.05) is 6.20 Å². The monoisotopic (exact) mass is 314 g/mol. The number of ether oxygens (including phenoxy) is 1. The lowest BCUT2D eigenvalue weighted by Crippen LogP contribution is -2.45. The van der Waals surface area contributed by atoms with E-state index in [1.54, 1.807) is 6.20 Å². The Bertz CT molecular complexity index is 589. The van der Waals surface area contributed by atoms with Crippen molar-refractivity contribution in [3.63, 3.8) is 0 Å². The fourth-order valence-electron chi connectivity index (χ4n) is 3.25. The minimum absolute atomic E-state index is 0.308. The summed E-state index contributed by atoms with van der Waals surface area (Å²) >= 11 is 0. The number of nitrogens with one attached hydrogen (secondary N) is 2. The van der Waals surface area contributed by atoms with Crippen molar-refractivity contribution in [2.75, 3.05) is 13.1 Å². The van der Waals surface area contributed by atoms with Crippen LogP contribution in [0.2, 0.25) is 0 Å². The van der Waals surface area contributed by atoms with E-state index in [4.69, 9.17) is 4.74 Å². The lowest BCUT2D eigenvalue weighted by atomic mass is 10.1. The van der Waals surface area contributed by atoms with Gasteiger partial charge < -0.3 is 15.0 Å². The first-order valence-electron chi connectivity index (χ1n) is 8.34. The number of aromatic nitrogens is 2. The van der Waals surface area contributed by atoms with Crippen molar-refractivity contribution >= 4 is 0 Å². The van der Waals surface area contributed by atoms with Gasteiger partial charge in [0, 0.05) is 38.6 Å². The van der Waals surface area contributed by atoms with Crippen molar-refractivity contribution in [1.29, 1.82) is 0 Å². The average molecular weight is 314 g/mol. The molecule has 1 saturated heterocycles. The first-order valence-corrected chi connectivity index (χ1v) is 8.34. The molecule has 2 unspecified atom stereocenters. The molecule has 1 aromatic carbocycles. The SMILES string of the molecule is CC1CN(Cc2ccccc2CNCc2ncc[nH]2)CC(C)O1. The van der Waals surface area contributed by atoms with Gasteiger partial charge in [-0.1, -0.05) is 24.3 Å². The Kier molecular flexibility index (Phi) is 5.43. The third-order valence-corrected chi connectivity index (χ3v) is 4.17. The number of benzene rings is 1. The van der Waals surface area contributed by atoms with Gasteiger partial charge in [-0.15, -0.1) is 0 Å². The topological polar surface area (TPSA) is 53.2 Å². The highest BCUT2D eigenvalue weighted by Gasteiger charge is 2.22. The van der Waals surface area contributed by atoms with Crippen LogP contribution in [0, 0.1) is 0 Å². The number of nitrogens with zero attached hydrogens (tertiary/aromatic N) is 2. The second-order valence-corrected chi connectivity index (χ2v) is 6.36. The number of morpholine rings is 1. The van der Waals surface area contributed by atoms with Crippen LogP contribution in [0.3, 0.4) is 0 Å². The zero-order chi connectivity index (χ0) is 16.1. The van der Waals surface area contributed by atoms with Gasteiger partial charge in [-0.25, -0.2) is 4.98 Å². The van der Waals surface area contributed by atoms with E-state index in [1.165, 1.54) is 11.1 Å². The molecule has 0 radical (unpaired) electrons. The van der Waals surface area contributed by atoms with Crippen molar-refractivity contribution in [1.82, 2.24) is 20.2 Å². The molecule has 124 valence electrons. The molecule has 1 aliphatic heterocycles. The Morgan fingerprint density at radius 2 is 1.91 bits per heavy atom. The molecule has 23 heavy (non-hydrogen) atoms. The van der Waals surface area contributed by atoms with Gasteiger partial charge in [0.15, 0.2) is 0 Å². The molecule has 0 saturated carbocycles. The van der Waals surface area contributed by atoms with Crippen LogP contribution >= 0.6 is 0 Å². The lowest BCUT2D eigenvalue weighted by Gasteiger charge is -2.35. The van der Waals surface area contributed by atoms with E-state index < -0.39 is 0 Å². The normalized spacial score (nSPS) is 22.3. The molecular weight excluding hydrogens is 288 g/mol. The summed E-state index contributed by atoms with van der Waals surface area (Å²) in [6.45, 7) is 8.89. The highest BCUT2D eigenvalue weighted by atomic mass is 16.5. The Balaban J connectivity index is 1.58. The second-order valence-electron chi connectivity index (χ2n) is 6.36. The van der Waals surface area contributed by atoms with Crippen LogP contribution in [0.25, 0.3) is 0 Å².